The third-order valence-electron chi connectivity index (χ3n) is 18.5. The van der Waals surface area contributed by atoms with Crippen molar-refractivity contribution in [2.45, 2.75) is 243 Å². The molecule has 3 aliphatic heterocycles. The molecule has 19 N–H and O–H groups in total. The summed E-state index contributed by atoms with van der Waals surface area (Å²) >= 11 is 1.37. The van der Waals surface area contributed by atoms with Gasteiger partial charge in [-0.15, -0.1) is 0 Å². The zero-order valence-electron chi connectivity index (χ0n) is 61.1. The molecule has 105 heavy (non-hydrogen) atoms. The van der Waals surface area contributed by atoms with Gasteiger partial charge in [-0.05, 0) is 144 Å². The maximum Gasteiger partial charge on any atom is 0.325 e. The molecule has 35 nitrogen and oxygen atoms in total. The van der Waals surface area contributed by atoms with Gasteiger partial charge < -0.3 is 100 Å². The Kier molecular flexibility index (Phi) is 36.4. The molecule has 0 saturated carbocycles. The van der Waals surface area contributed by atoms with Gasteiger partial charge in [0.2, 0.25) is 76.8 Å². The molecule has 3 aliphatic rings. The van der Waals surface area contributed by atoms with Gasteiger partial charge in [0.05, 0.1) is 6.04 Å². The number of thioether (sulfide) groups is 1. The summed E-state index contributed by atoms with van der Waals surface area (Å²) in [5.41, 5.74) is 17.6. The van der Waals surface area contributed by atoms with Gasteiger partial charge in [0.15, 0.2) is 0 Å². The van der Waals surface area contributed by atoms with E-state index >= 15 is 0 Å². The van der Waals surface area contributed by atoms with E-state index in [1.54, 1.807) is 47.8 Å². The Labute approximate surface area is 615 Å². The lowest BCUT2D eigenvalue weighted by Crippen LogP contribution is -2.62. The van der Waals surface area contributed by atoms with Gasteiger partial charge in [-0.2, -0.15) is 11.8 Å². The van der Waals surface area contributed by atoms with Crippen molar-refractivity contribution in [2.24, 2.45) is 35.0 Å². The Morgan fingerprint density at radius 3 is 1.38 bits per heavy atom. The summed E-state index contributed by atoms with van der Waals surface area (Å²) in [5, 5.41) is 62.4. The lowest BCUT2D eigenvalue weighted by Gasteiger charge is -2.32. The first kappa shape index (κ1) is 88.2. The highest BCUT2D eigenvalue weighted by atomic mass is 32.2. The van der Waals surface area contributed by atoms with Crippen molar-refractivity contribution in [1.29, 1.82) is 0 Å². The van der Waals surface area contributed by atoms with Crippen LogP contribution in [0.5, 0.6) is 5.75 Å². The van der Waals surface area contributed by atoms with E-state index in [1.165, 1.54) is 47.9 Å². The minimum atomic E-state index is -1.66. The number of nitrogens with one attached hydrogen (secondary N) is 9. The van der Waals surface area contributed by atoms with Crippen LogP contribution in [-0.2, 0) is 83.1 Å². The molecule has 3 saturated heterocycles. The van der Waals surface area contributed by atoms with Crippen LogP contribution < -0.4 is 65.1 Å². The first-order valence-electron chi connectivity index (χ1n) is 35.8. The average Bonchev–Trinajstić information content (AvgIpc) is 1.63. The molecule has 3 heterocycles. The van der Waals surface area contributed by atoms with Crippen LogP contribution >= 0.6 is 11.8 Å². The molecule has 0 aromatic heterocycles. The summed E-state index contributed by atoms with van der Waals surface area (Å²) in [4.78, 5) is 222. The van der Waals surface area contributed by atoms with Gasteiger partial charge in [0.1, 0.15) is 78.3 Å². The van der Waals surface area contributed by atoms with Crippen LogP contribution in [0.1, 0.15) is 163 Å². The summed E-state index contributed by atoms with van der Waals surface area (Å²) in [5.74, 6) is -16.0. The Bertz CT molecular complexity index is 3230. The van der Waals surface area contributed by atoms with Crippen molar-refractivity contribution in [1.82, 2.24) is 62.6 Å². The first-order chi connectivity index (χ1) is 49.5. The molecular formula is C69H109N15O20S. The SMILES string of the molecule is CSCC[C@H](NC(=O)[C@H](CC(C)C)NC(=O)[C@@H](NC(=O)[C@H](Cc1ccc(O)cc1)NC(=O)[C@H](CCC(N)=O)NC(=O)[C@@H]1CCCN1C(=O)[C@H](CCC(=O)O)NC(=O)[C@@H]1CCCN1C(=O)[C@H](CCC(=O)O)NC(=O)[C@@H](N)CCCCN)C(C)C)C(=O)N[C@H](C(=O)N1CCC[C@H]1C(=O)N[C@@H](C)C(=O)O)C(C)C. The minimum Gasteiger partial charge on any atom is -0.508 e. The van der Waals surface area contributed by atoms with E-state index in [9.17, 15) is 97.1 Å². The zero-order valence-corrected chi connectivity index (χ0v) is 61.9. The molecule has 13 amide bonds. The standard InChI is InChI=1S/C69H109N15O20S/c1-36(2)34-47(60(94)74-44(28-33-105-8)59(93)81-56(38(5)6)68(102)84-32-13-15-49(84)62(96)73-39(7)69(103)104)79-65(99)55(37(3)4)80-61(95)48(35-40-18-20-41(85)21-19-40)78-58(92)43(22-25-52(72)86)75-63(97)50-16-11-30-82(50)67(101)46(24-27-54(89)90)77-64(98)51-17-12-31-83(51)66(100)45(23-26-53(87)88)76-57(91)42(71)14-9-10-29-70/h18-21,36-39,42-51,55-56,85H,9-17,22-35,70-71H2,1-8H3,(H2,72,86)(H,73,96)(H,74,94)(H,75,97)(H,76,91)(H,77,98)(H,78,92)(H,79,99)(H,80,95)(H,81,93)(H,87,88)(H,89,90)(H,103,104)/t39-,42-,43-,44-,45-,46-,47-,48-,49-,50-,51-,55-,56-/m0/s1. The van der Waals surface area contributed by atoms with Crippen molar-refractivity contribution >= 4 is 106 Å². The smallest absolute Gasteiger partial charge is 0.325 e. The molecule has 13 atom stereocenters. The van der Waals surface area contributed by atoms with Gasteiger partial charge in [-0.3, -0.25) is 76.7 Å². The molecule has 3 fully saturated rings. The van der Waals surface area contributed by atoms with E-state index in [0.717, 1.165) is 9.80 Å². The molecule has 36 heteroatoms. The molecule has 4 rings (SSSR count). The quantitative estimate of drug-likeness (QED) is 0.0312. The Morgan fingerprint density at radius 1 is 0.486 bits per heavy atom. The monoisotopic (exact) mass is 1500 g/mol. The highest BCUT2D eigenvalue weighted by Gasteiger charge is 2.45. The van der Waals surface area contributed by atoms with Gasteiger partial charge >= 0.3 is 17.9 Å². The maximum absolute atomic E-state index is 14.8. The number of phenolic OH excluding ortho intramolecular Hbond substituents is 1. The number of aliphatic carboxylic acids is 3. The number of carboxylic acid groups (broad SMARTS) is 3. The highest BCUT2D eigenvalue weighted by Crippen LogP contribution is 2.26. The van der Waals surface area contributed by atoms with E-state index in [2.05, 4.69) is 47.9 Å². The van der Waals surface area contributed by atoms with Crippen molar-refractivity contribution in [3.8, 4) is 5.75 Å². The fourth-order valence-corrected chi connectivity index (χ4v) is 13.0. The third kappa shape index (κ3) is 28.0. The number of hydrogen-bond donors (Lipinski definition) is 16. The van der Waals surface area contributed by atoms with Crippen LogP contribution in [0.15, 0.2) is 24.3 Å². The number of unbranched alkanes of at least 4 members (excludes halogenated alkanes) is 1. The number of likely N-dealkylation sites (tertiary alicyclic amines) is 3. The van der Waals surface area contributed by atoms with Crippen molar-refractivity contribution < 1.29 is 97.1 Å². The van der Waals surface area contributed by atoms with E-state index in [-0.39, 0.29) is 95.5 Å². The minimum absolute atomic E-state index is 0.0163. The van der Waals surface area contributed by atoms with Gasteiger partial charge in [0.25, 0.3) is 0 Å². The maximum atomic E-state index is 14.8. The number of benzene rings is 1. The molecule has 0 radical (unpaired) electrons. The lowest BCUT2D eigenvalue weighted by molar-refractivity contribution is -0.145. The number of carbonyl (C=O) groups is 16. The summed E-state index contributed by atoms with van der Waals surface area (Å²) in [6, 6.07) is -11.9. The van der Waals surface area contributed by atoms with Crippen LogP contribution in [0, 0.1) is 17.8 Å². The summed E-state index contributed by atoms with van der Waals surface area (Å²) in [6.07, 6.45) is 0.998. The van der Waals surface area contributed by atoms with E-state index < -0.39 is 217 Å². The van der Waals surface area contributed by atoms with Crippen LogP contribution in [0.25, 0.3) is 0 Å². The van der Waals surface area contributed by atoms with Crippen LogP contribution in [-0.4, -0.2) is 247 Å². The molecule has 1 aromatic carbocycles. The second kappa shape index (κ2) is 43.3. The fourth-order valence-electron chi connectivity index (χ4n) is 12.6. The van der Waals surface area contributed by atoms with Crippen LogP contribution in [0.4, 0.5) is 0 Å². The molecule has 586 valence electrons. The number of primary amides is 1. The van der Waals surface area contributed by atoms with Crippen LogP contribution in [0.3, 0.4) is 0 Å². The number of aromatic hydroxyl groups is 1. The number of amides is 13. The number of carbonyl (C=O) groups excluding carboxylic acids is 13. The molecule has 0 spiro atoms. The summed E-state index contributed by atoms with van der Waals surface area (Å²) < 4.78 is 0. The molecule has 1 aromatic rings. The number of phenols is 1. The highest BCUT2D eigenvalue weighted by molar-refractivity contribution is 7.98. The first-order valence-corrected chi connectivity index (χ1v) is 37.2. The Balaban J connectivity index is 1.58. The van der Waals surface area contributed by atoms with Crippen LogP contribution in [0.2, 0.25) is 0 Å². The number of rotatable bonds is 44. The predicted octanol–water partition coefficient (Wildman–Crippen LogP) is -2.06. The normalized spacial score (nSPS) is 18.6. The second-order valence-electron chi connectivity index (χ2n) is 28.0. The predicted molar refractivity (Wildman–Crippen MR) is 382 cm³/mol. The van der Waals surface area contributed by atoms with Gasteiger partial charge in [0, 0.05) is 45.3 Å². The van der Waals surface area contributed by atoms with E-state index in [4.69, 9.17) is 17.2 Å². The van der Waals surface area contributed by atoms with E-state index in [1.807, 2.05) is 0 Å². The number of carboxylic acids is 3. The third-order valence-corrected chi connectivity index (χ3v) is 19.1. The van der Waals surface area contributed by atoms with Crippen molar-refractivity contribution in [3.63, 3.8) is 0 Å². The van der Waals surface area contributed by atoms with Gasteiger partial charge in [-0.25, -0.2) is 0 Å². The summed E-state index contributed by atoms with van der Waals surface area (Å²) in [7, 11) is 0. The van der Waals surface area contributed by atoms with Crippen molar-refractivity contribution in [2.75, 3.05) is 38.2 Å². The van der Waals surface area contributed by atoms with Gasteiger partial charge in [-0.1, -0.05) is 60.1 Å². The second-order valence-corrected chi connectivity index (χ2v) is 29.0. The molecular weight excluding hydrogens is 1390 g/mol. The number of nitrogens with zero attached hydrogens (tertiary/aromatic N) is 3. The Morgan fingerprint density at radius 2 is 0.905 bits per heavy atom. The molecule has 0 unspecified atom stereocenters. The average molecular weight is 1500 g/mol. The molecule has 0 bridgehead atoms. The largest absolute Gasteiger partial charge is 0.508 e. The zero-order chi connectivity index (χ0) is 78.5. The number of nitrogens with two attached hydrogens (primary N) is 3. The van der Waals surface area contributed by atoms with Crippen molar-refractivity contribution in [3.05, 3.63) is 29.8 Å². The lowest BCUT2D eigenvalue weighted by atomic mass is 9.98. The topological polar surface area (TPSA) is 550 Å². The Hall–Kier alpha value is -9.19. The fraction of sp³-hybridized carbons (Fsp3) is 0.681. The summed E-state index contributed by atoms with van der Waals surface area (Å²) in [6.45, 7) is 11.8. The number of hydrogen-bond acceptors (Lipinski definition) is 20. The van der Waals surface area contributed by atoms with E-state index in [0.29, 0.717) is 37.1 Å². The molecule has 0 aliphatic carbocycles.